The molecular weight excluding hydrogens is 262 g/mol. The summed E-state index contributed by atoms with van der Waals surface area (Å²) in [6.07, 6.45) is 1.88. The van der Waals surface area contributed by atoms with E-state index in [2.05, 4.69) is 24.2 Å². The van der Waals surface area contributed by atoms with Crippen molar-refractivity contribution in [2.75, 3.05) is 0 Å². The van der Waals surface area contributed by atoms with E-state index in [1.165, 1.54) is 0 Å². The molecule has 0 saturated heterocycles. The lowest BCUT2D eigenvalue weighted by molar-refractivity contribution is 0.242. The average Bonchev–Trinajstić information content (AvgIpc) is 2.79. The Morgan fingerprint density at radius 3 is 2.67 bits per heavy atom. The molecule has 1 atom stereocenters. The molecule has 0 saturated carbocycles. The quantitative estimate of drug-likeness (QED) is 0.888. The molecule has 114 valence electrons. The molecule has 21 heavy (non-hydrogen) atoms. The zero-order valence-corrected chi connectivity index (χ0v) is 13.3. The third-order valence-corrected chi connectivity index (χ3v) is 3.48. The van der Waals surface area contributed by atoms with Gasteiger partial charge >= 0.3 is 0 Å². The number of nitrogens with zero attached hydrogens (tertiary/aromatic N) is 2. The lowest BCUT2D eigenvalue weighted by atomic mass is 10.0. The Balaban J connectivity index is 2.12. The van der Waals surface area contributed by atoms with Crippen LogP contribution >= 0.6 is 0 Å². The Hall–Kier alpha value is -1.81. The number of rotatable bonds is 6. The van der Waals surface area contributed by atoms with E-state index in [0.717, 1.165) is 35.5 Å². The van der Waals surface area contributed by atoms with Gasteiger partial charge in [0.05, 0.1) is 11.8 Å². The number of hydrogen-bond donors (Lipinski definition) is 1. The number of ether oxygens (including phenoxy) is 1. The van der Waals surface area contributed by atoms with Crippen molar-refractivity contribution in [2.45, 2.75) is 45.8 Å². The van der Waals surface area contributed by atoms with E-state index in [0.29, 0.717) is 0 Å². The summed E-state index contributed by atoms with van der Waals surface area (Å²) in [6, 6.07) is 10.1. The van der Waals surface area contributed by atoms with E-state index in [9.17, 15) is 0 Å². The van der Waals surface area contributed by atoms with Gasteiger partial charge in [0.1, 0.15) is 5.75 Å². The normalized spacial score (nSPS) is 12.7. The van der Waals surface area contributed by atoms with Crippen LogP contribution in [0.15, 0.2) is 30.3 Å². The van der Waals surface area contributed by atoms with Gasteiger partial charge in [0, 0.05) is 25.2 Å². The molecule has 0 spiro atoms. The Morgan fingerprint density at radius 1 is 1.29 bits per heavy atom. The van der Waals surface area contributed by atoms with Crippen LogP contribution in [-0.4, -0.2) is 15.9 Å². The van der Waals surface area contributed by atoms with Gasteiger partial charge in [-0.15, -0.1) is 0 Å². The van der Waals surface area contributed by atoms with Gasteiger partial charge in [0.2, 0.25) is 0 Å². The predicted octanol–water partition coefficient (Wildman–Crippen LogP) is 3.01. The van der Waals surface area contributed by atoms with Crippen molar-refractivity contribution < 1.29 is 4.74 Å². The summed E-state index contributed by atoms with van der Waals surface area (Å²) >= 11 is 0. The lowest BCUT2D eigenvalue weighted by Crippen LogP contribution is -2.15. The van der Waals surface area contributed by atoms with Gasteiger partial charge in [0.15, 0.2) is 0 Å². The van der Waals surface area contributed by atoms with Crippen molar-refractivity contribution in [3.05, 3.63) is 47.3 Å². The van der Waals surface area contributed by atoms with Gasteiger partial charge in [-0.1, -0.05) is 19.1 Å². The topological polar surface area (TPSA) is 53.1 Å². The van der Waals surface area contributed by atoms with Crippen molar-refractivity contribution in [3.63, 3.8) is 0 Å². The van der Waals surface area contributed by atoms with Crippen LogP contribution in [-0.2, 0) is 19.9 Å². The summed E-state index contributed by atoms with van der Waals surface area (Å²) in [5, 5.41) is 4.47. The van der Waals surface area contributed by atoms with Crippen LogP contribution in [0, 0.1) is 0 Å². The van der Waals surface area contributed by atoms with E-state index in [1.54, 1.807) is 0 Å². The summed E-state index contributed by atoms with van der Waals surface area (Å²) in [5.74, 6) is 0.872. The second-order valence-electron chi connectivity index (χ2n) is 5.65. The van der Waals surface area contributed by atoms with Crippen molar-refractivity contribution in [3.8, 4) is 5.75 Å². The van der Waals surface area contributed by atoms with E-state index in [1.807, 2.05) is 43.8 Å². The zero-order valence-electron chi connectivity index (χ0n) is 13.3. The second kappa shape index (κ2) is 6.76. The van der Waals surface area contributed by atoms with Gasteiger partial charge in [0.25, 0.3) is 0 Å². The van der Waals surface area contributed by atoms with Gasteiger partial charge in [-0.05, 0) is 44.0 Å². The van der Waals surface area contributed by atoms with Crippen molar-refractivity contribution in [1.82, 2.24) is 9.78 Å². The van der Waals surface area contributed by atoms with Crippen molar-refractivity contribution in [2.24, 2.45) is 12.8 Å². The standard InChI is InChI=1S/C17H25N3O/c1-5-14-10-15(20(4)19-14)11-17(18)13-7-6-8-16(9-13)21-12(2)3/h6-10,12,17H,5,11,18H2,1-4H3. The fourth-order valence-corrected chi connectivity index (χ4v) is 2.37. The maximum atomic E-state index is 6.35. The van der Waals surface area contributed by atoms with E-state index >= 15 is 0 Å². The molecule has 4 heteroatoms. The maximum absolute atomic E-state index is 6.35. The Bertz CT molecular complexity index is 589. The molecule has 0 aliphatic heterocycles. The zero-order chi connectivity index (χ0) is 15.4. The molecule has 2 rings (SSSR count). The van der Waals surface area contributed by atoms with Gasteiger partial charge in [-0.25, -0.2) is 0 Å². The molecule has 0 aliphatic carbocycles. The van der Waals surface area contributed by atoms with Gasteiger partial charge < -0.3 is 10.5 Å². The van der Waals surface area contributed by atoms with Crippen molar-refractivity contribution >= 4 is 0 Å². The Morgan fingerprint density at radius 2 is 2.05 bits per heavy atom. The summed E-state index contributed by atoms with van der Waals surface area (Å²) < 4.78 is 7.65. The van der Waals surface area contributed by atoms with E-state index in [-0.39, 0.29) is 12.1 Å². The molecule has 0 amide bonds. The molecule has 0 radical (unpaired) electrons. The number of aromatic nitrogens is 2. The number of aryl methyl sites for hydroxylation is 2. The van der Waals surface area contributed by atoms with Crippen LogP contribution < -0.4 is 10.5 Å². The van der Waals surface area contributed by atoms with Crippen molar-refractivity contribution in [1.29, 1.82) is 0 Å². The first-order valence-electron chi connectivity index (χ1n) is 7.53. The van der Waals surface area contributed by atoms with Crippen LogP contribution in [0.25, 0.3) is 0 Å². The maximum Gasteiger partial charge on any atom is 0.120 e. The molecule has 1 heterocycles. The summed E-state index contributed by atoms with van der Waals surface area (Å²) in [5.41, 5.74) is 9.71. The second-order valence-corrected chi connectivity index (χ2v) is 5.65. The van der Waals surface area contributed by atoms with Gasteiger partial charge in [-0.3, -0.25) is 4.68 Å². The van der Waals surface area contributed by atoms with Crippen LogP contribution in [0.3, 0.4) is 0 Å². The molecule has 1 aromatic heterocycles. The smallest absolute Gasteiger partial charge is 0.120 e. The number of nitrogens with two attached hydrogens (primary N) is 1. The third kappa shape index (κ3) is 4.08. The predicted molar refractivity (Wildman–Crippen MR) is 85.4 cm³/mol. The molecule has 0 fully saturated rings. The van der Waals surface area contributed by atoms with Crippen LogP contribution in [0.4, 0.5) is 0 Å². The highest BCUT2D eigenvalue weighted by Crippen LogP contribution is 2.22. The first-order chi connectivity index (χ1) is 9.99. The first kappa shape index (κ1) is 15.6. The minimum Gasteiger partial charge on any atom is -0.491 e. The van der Waals surface area contributed by atoms with Crippen LogP contribution in [0.1, 0.15) is 43.8 Å². The fourth-order valence-electron chi connectivity index (χ4n) is 2.37. The molecule has 0 aliphatic rings. The molecule has 0 bridgehead atoms. The molecule has 1 aromatic carbocycles. The molecular formula is C17H25N3O. The largest absolute Gasteiger partial charge is 0.491 e. The molecule has 1 unspecified atom stereocenters. The summed E-state index contributed by atoms with van der Waals surface area (Å²) in [7, 11) is 1.97. The monoisotopic (exact) mass is 287 g/mol. The third-order valence-electron chi connectivity index (χ3n) is 3.48. The number of benzene rings is 1. The minimum absolute atomic E-state index is 0.0548. The lowest BCUT2D eigenvalue weighted by Gasteiger charge is -2.15. The Labute approximate surface area is 126 Å². The van der Waals surface area contributed by atoms with E-state index < -0.39 is 0 Å². The SMILES string of the molecule is CCc1cc(CC(N)c2cccc(OC(C)C)c2)n(C)n1. The average molecular weight is 287 g/mol. The highest BCUT2D eigenvalue weighted by atomic mass is 16.5. The minimum atomic E-state index is -0.0548. The van der Waals surface area contributed by atoms with Crippen LogP contribution in [0.5, 0.6) is 5.75 Å². The van der Waals surface area contributed by atoms with E-state index in [4.69, 9.17) is 10.5 Å². The highest BCUT2D eigenvalue weighted by molar-refractivity contribution is 5.31. The fraction of sp³-hybridized carbons (Fsp3) is 0.471. The number of hydrogen-bond acceptors (Lipinski definition) is 3. The summed E-state index contributed by atoms with van der Waals surface area (Å²) in [4.78, 5) is 0. The highest BCUT2D eigenvalue weighted by Gasteiger charge is 2.12. The molecule has 2 N–H and O–H groups in total. The molecule has 2 aromatic rings. The molecule has 4 nitrogen and oxygen atoms in total. The van der Waals surface area contributed by atoms with Crippen LogP contribution in [0.2, 0.25) is 0 Å². The first-order valence-corrected chi connectivity index (χ1v) is 7.53. The Kier molecular flexibility index (Phi) is 5.02. The summed E-state index contributed by atoms with van der Waals surface area (Å²) in [6.45, 7) is 6.15. The van der Waals surface area contributed by atoms with Gasteiger partial charge in [-0.2, -0.15) is 5.10 Å².